The maximum Gasteiger partial charge on any atom is 0.230 e. The van der Waals surface area contributed by atoms with Gasteiger partial charge in [0.15, 0.2) is 0 Å². The number of nitrogens with zero attached hydrogens (tertiary/aromatic N) is 7. The van der Waals surface area contributed by atoms with Crippen molar-refractivity contribution in [3.05, 3.63) is 52.0 Å². The lowest BCUT2D eigenvalue weighted by atomic mass is 10.0. The van der Waals surface area contributed by atoms with Crippen molar-refractivity contribution in [3.63, 3.8) is 0 Å². The van der Waals surface area contributed by atoms with E-state index >= 15 is 0 Å². The van der Waals surface area contributed by atoms with Crippen LogP contribution in [-0.4, -0.2) is 36.7 Å². The van der Waals surface area contributed by atoms with Crippen molar-refractivity contribution in [2.45, 2.75) is 53.0 Å². The second-order valence-electron chi connectivity index (χ2n) is 7.28. The van der Waals surface area contributed by atoms with Gasteiger partial charge >= 0.3 is 0 Å². The van der Waals surface area contributed by atoms with E-state index in [4.69, 9.17) is 9.97 Å². The monoisotopic (exact) mass is 443 g/mol. The first-order chi connectivity index (χ1) is 13.4. The molecule has 0 spiro atoms. The normalized spacial score (nSPS) is 12.4. The molecule has 2 heterocycles. The molecule has 0 saturated carbocycles. The van der Waals surface area contributed by atoms with Crippen LogP contribution in [0.3, 0.4) is 0 Å². The zero-order chi connectivity index (χ0) is 20.3. The van der Waals surface area contributed by atoms with Gasteiger partial charge < -0.3 is 4.90 Å². The molecule has 0 fully saturated rings. The predicted molar refractivity (Wildman–Crippen MR) is 114 cm³/mol. The molecule has 3 aromatic rings. The van der Waals surface area contributed by atoms with Crippen LogP contribution in [0.2, 0.25) is 0 Å². The topological polar surface area (TPSA) is 72.6 Å². The van der Waals surface area contributed by atoms with Gasteiger partial charge in [0.25, 0.3) is 0 Å². The SMILES string of the molecule is CCN(c1nc(C)cc(C(C)Cn2cnnn2)n1)c1ccc(C(C)C)cc1Br. The Morgan fingerprint density at radius 2 is 1.93 bits per heavy atom. The fourth-order valence-corrected chi connectivity index (χ4v) is 3.72. The molecular formula is C20H26BrN7. The van der Waals surface area contributed by atoms with E-state index in [1.54, 1.807) is 11.0 Å². The fourth-order valence-electron chi connectivity index (χ4n) is 3.11. The molecule has 3 rings (SSSR count). The highest BCUT2D eigenvalue weighted by Gasteiger charge is 2.18. The van der Waals surface area contributed by atoms with E-state index in [0.29, 0.717) is 18.4 Å². The van der Waals surface area contributed by atoms with Crippen LogP contribution in [0.5, 0.6) is 0 Å². The maximum atomic E-state index is 4.87. The molecule has 0 amide bonds. The van der Waals surface area contributed by atoms with Crippen molar-refractivity contribution < 1.29 is 0 Å². The summed E-state index contributed by atoms with van der Waals surface area (Å²) in [6.45, 7) is 12.1. The Bertz CT molecular complexity index is 924. The van der Waals surface area contributed by atoms with Gasteiger partial charge in [0.2, 0.25) is 5.95 Å². The average molecular weight is 444 g/mol. The Balaban J connectivity index is 1.93. The number of aromatic nitrogens is 6. The molecule has 0 saturated heterocycles. The molecule has 0 bridgehead atoms. The van der Waals surface area contributed by atoms with Gasteiger partial charge in [0, 0.05) is 22.6 Å². The first-order valence-electron chi connectivity index (χ1n) is 9.52. The third-order valence-electron chi connectivity index (χ3n) is 4.71. The van der Waals surface area contributed by atoms with Crippen molar-refractivity contribution in [1.82, 2.24) is 30.2 Å². The minimum absolute atomic E-state index is 0.161. The summed E-state index contributed by atoms with van der Waals surface area (Å²) in [5.74, 6) is 1.35. The van der Waals surface area contributed by atoms with Crippen molar-refractivity contribution in [2.75, 3.05) is 11.4 Å². The Hall–Kier alpha value is -2.35. The highest BCUT2D eigenvalue weighted by Crippen LogP contribution is 2.33. The molecule has 148 valence electrons. The third kappa shape index (κ3) is 4.55. The molecule has 0 aliphatic rings. The number of halogens is 1. The van der Waals surface area contributed by atoms with Gasteiger partial charge in [-0.05, 0) is 69.9 Å². The molecule has 8 heteroatoms. The third-order valence-corrected chi connectivity index (χ3v) is 5.34. The Kier molecular flexibility index (Phi) is 6.39. The van der Waals surface area contributed by atoms with Crippen LogP contribution in [0, 0.1) is 6.92 Å². The summed E-state index contributed by atoms with van der Waals surface area (Å²) in [7, 11) is 0. The molecule has 28 heavy (non-hydrogen) atoms. The van der Waals surface area contributed by atoms with Crippen molar-refractivity contribution >= 4 is 27.6 Å². The van der Waals surface area contributed by atoms with E-state index in [-0.39, 0.29) is 5.92 Å². The van der Waals surface area contributed by atoms with E-state index in [9.17, 15) is 0 Å². The summed E-state index contributed by atoms with van der Waals surface area (Å²) in [5, 5.41) is 11.4. The van der Waals surface area contributed by atoms with Crippen molar-refractivity contribution in [1.29, 1.82) is 0 Å². The zero-order valence-corrected chi connectivity index (χ0v) is 18.6. The van der Waals surface area contributed by atoms with Crippen LogP contribution in [0.25, 0.3) is 0 Å². The summed E-state index contributed by atoms with van der Waals surface area (Å²) in [6.07, 6.45) is 1.62. The number of tetrazole rings is 1. The van der Waals surface area contributed by atoms with Crippen LogP contribution >= 0.6 is 15.9 Å². The Morgan fingerprint density at radius 1 is 1.14 bits per heavy atom. The minimum Gasteiger partial charge on any atom is -0.310 e. The highest BCUT2D eigenvalue weighted by molar-refractivity contribution is 9.10. The molecule has 1 aromatic carbocycles. The summed E-state index contributed by atoms with van der Waals surface area (Å²) < 4.78 is 2.77. The number of hydrogen-bond donors (Lipinski definition) is 0. The van der Waals surface area contributed by atoms with Gasteiger partial charge in [-0.1, -0.05) is 26.8 Å². The van der Waals surface area contributed by atoms with E-state index in [1.165, 1.54) is 5.56 Å². The second kappa shape index (κ2) is 8.77. The highest BCUT2D eigenvalue weighted by atomic mass is 79.9. The molecule has 0 aliphatic heterocycles. The first kappa shape index (κ1) is 20.4. The van der Waals surface area contributed by atoms with Crippen LogP contribution < -0.4 is 4.90 Å². The quantitative estimate of drug-likeness (QED) is 0.530. The molecule has 1 atom stereocenters. The number of anilines is 2. The largest absolute Gasteiger partial charge is 0.310 e. The van der Waals surface area contributed by atoms with E-state index in [1.807, 2.05) is 13.0 Å². The lowest BCUT2D eigenvalue weighted by molar-refractivity contribution is 0.518. The number of benzene rings is 1. The summed E-state index contributed by atoms with van der Waals surface area (Å²) in [5.41, 5.74) is 4.28. The van der Waals surface area contributed by atoms with E-state index < -0.39 is 0 Å². The fraction of sp³-hybridized carbons (Fsp3) is 0.450. The van der Waals surface area contributed by atoms with Crippen LogP contribution in [0.15, 0.2) is 35.1 Å². The van der Waals surface area contributed by atoms with Gasteiger partial charge in [0.1, 0.15) is 6.33 Å². The average Bonchev–Trinajstić information content (AvgIpc) is 3.16. The molecule has 1 unspecified atom stereocenters. The lowest BCUT2D eigenvalue weighted by Crippen LogP contribution is -2.21. The summed E-state index contributed by atoms with van der Waals surface area (Å²) in [4.78, 5) is 11.7. The Morgan fingerprint density at radius 3 is 2.54 bits per heavy atom. The maximum absolute atomic E-state index is 4.87. The van der Waals surface area contributed by atoms with Crippen LogP contribution in [-0.2, 0) is 6.54 Å². The Labute approximate surface area is 174 Å². The molecule has 2 aromatic heterocycles. The smallest absolute Gasteiger partial charge is 0.230 e. The van der Waals surface area contributed by atoms with Gasteiger partial charge in [-0.2, -0.15) is 0 Å². The van der Waals surface area contributed by atoms with Gasteiger partial charge in [-0.15, -0.1) is 5.10 Å². The predicted octanol–water partition coefficient (Wildman–Crippen LogP) is 4.62. The number of aryl methyl sites for hydroxylation is 1. The second-order valence-corrected chi connectivity index (χ2v) is 8.13. The minimum atomic E-state index is 0.161. The van der Waals surface area contributed by atoms with Crippen molar-refractivity contribution in [2.24, 2.45) is 0 Å². The molecule has 0 aliphatic carbocycles. The molecule has 0 radical (unpaired) electrons. The van der Waals surface area contributed by atoms with E-state index in [2.05, 4.69) is 82.2 Å². The van der Waals surface area contributed by atoms with Gasteiger partial charge in [0.05, 0.1) is 17.9 Å². The molecule has 7 nitrogen and oxygen atoms in total. The number of hydrogen-bond acceptors (Lipinski definition) is 6. The van der Waals surface area contributed by atoms with E-state index in [0.717, 1.165) is 28.1 Å². The van der Waals surface area contributed by atoms with Crippen LogP contribution in [0.1, 0.15) is 56.5 Å². The van der Waals surface area contributed by atoms with Crippen molar-refractivity contribution in [3.8, 4) is 0 Å². The summed E-state index contributed by atoms with van der Waals surface area (Å²) >= 11 is 3.74. The lowest BCUT2D eigenvalue weighted by Gasteiger charge is -2.24. The number of rotatable bonds is 7. The summed E-state index contributed by atoms with van der Waals surface area (Å²) in [6, 6.07) is 8.52. The standard InChI is InChI=1S/C20H26BrN7/c1-6-28(19-8-7-16(13(2)3)10-17(19)21)20-23-15(5)9-18(24-20)14(4)11-27-12-22-25-26-27/h7-10,12-14H,6,11H2,1-5H3. The first-order valence-corrected chi connectivity index (χ1v) is 10.3. The van der Waals surface area contributed by atoms with Gasteiger partial charge in [-0.25, -0.2) is 14.6 Å². The van der Waals surface area contributed by atoms with Crippen LogP contribution in [0.4, 0.5) is 11.6 Å². The molecule has 0 N–H and O–H groups in total. The van der Waals surface area contributed by atoms with Gasteiger partial charge in [-0.3, -0.25) is 0 Å². The zero-order valence-electron chi connectivity index (χ0n) is 17.0. The molecular weight excluding hydrogens is 418 g/mol.